The summed E-state index contributed by atoms with van der Waals surface area (Å²) in [6.45, 7) is 1.78. The lowest BCUT2D eigenvalue weighted by Gasteiger charge is -2.13. The number of hydrogen-bond donors (Lipinski definition) is 1. The van der Waals surface area contributed by atoms with Crippen LogP contribution >= 0.6 is 0 Å². The van der Waals surface area contributed by atoms with Crippen LogP contribution in [0.5, 0.6) is 0 Å². The summed E-state index contributed by atoms with van der Waals surface area (Å²) in [6.07, 6.45) is 3.06. The average Bonchev–Trinajstić information content (AvgIpc) is 3.51. The van der Waals surface area contributed by atoms with Gasteiger partial charge in [-0.15, -0.1) is 5.10 Å². The first-order valence-corrected chi connectivity index (χ1v) is 9.66. The Hall–Kier alpha value is -4.53. The highest BCUT2D eigenvalue weighted by atomic mass is 16.5. The van der Waals surface area contributed by atoms with E-state index in [1.807, 2.05) is 30.3 Å². The number of anilines is 1. The zero-order valence-electron chi connectivity index (χ0n) is 17.4. The van der Waals surface area contributed by atoms with E-state index >= 15 is 0 Å². The van der Waals surface area contributed by atoms with Gasteiger partial charge in [0, 0.05) is 17.3 Å². The normalized spacial score (nSPS) is 11.2. The third-order valence-corrected chi connectivity index (χ3v) is 4.68. The Morgan fingerprint density at radius 3 is 2.59 bits per heavy atom. The van der Waals surface area contributed by atoms with E-state index in [1.54, 1.807) is 43.3 Å². The van der Waals surface area contributed by atoms with Crippen LogP contribution in [0, 0.1) is 6.92 Å². The van der Waals surface area contributed by atoms with Gasteiger partial charge in [0.05, 0.1) is 18.9 Å². The van der Waals surface area contributed by atoms with Crippen molar-refractivity contribution in [3.63, 3.8) is 0 Å². The lowest BCUT2D eigenvalue weighted by Crippen LogP contribution is -2.20. The van der Waals surface area contributed by atoms with Crippen LogP contribution in [0.1, 0.15) is 21.7 Å². The molecule has 0 saturated heterocycles. The number of ether oxygens (including phenoxy) is 1. The first-order chi connectivity index (χ1) is 15.6. The molecule has 0 aliphatic carbocycles. The molecule has 0 saturated carbocycles. The minimum atomic E-state index is -0.459. The van der Waals surface area contributed by atoms with Gasteiger partial charge in [0.15, 0.2) is 5.82 Å². The molecule has 2 heterocycles. The fourth-order valence-corrected chi connectivity index (χ4v) is 3.08. The summed E-state index contributed by atoms with van der Waals surface area (Å²) in [5.41, 5.74) is 2.51. The van der Waals surface area contributed by atoms with Crippen LogP contribution in [0.15, 0.2) is 71.3 Å². The molecule has 0 atom stereocenters. The van der Waals surface area contributed by atoms with Gasteiger partial charge in [-0.1, -0.05) is 30.3 Å². The molecule has 0 aliphatic heterocycles. The van der Waals surface area contributed by atoms with Gasteiger partial charge in [0.2, 0.25) is 0 Å². The van der Waals surface area contributed by atoms with Gasteiger partial charge in [0.1, 0.15) is 11.5 Å². The van der Waals surface area contributed by atoms with Crippen LogP contribution in [-0.2, 0) is 9.53 Å². The number of amides is 1. The highest BCUT2D eigenvalue weighted by Gasteiger charge is 2.21. The predicted octanol–water partition coefficient (Wildman–Crippen LogP) is 3.66. The van der Waals surface area contributed by atoms with E-state index in [9.17, 15) is 9.59 Å². The number of nitrogens with one attached hydrogen (secondary N) is 1. The van der Waals surface area contributed by atoms with Crippen LogP contribution in [0.3, 0.4) is 0 Å². The molecule has 32 heavy (non-hydrogen) atoms. The number of aromatic nitrogens is 4. The summed E-state index contributed by atoms with van der Waals surface area (Å²) in [5, 5.41) is 14.7. The van der Waals surface area contributed by atoms with E-state index in [-0.39, 0.29) is 5.70 Å². The summed E-state index contributed by atoms with van der Waals surface area (Å²) in [4.78, 5) is 25.1. The largest absolute Gasteiger partial charge is 0.465 e. The predicted molar refractivity (Wildman–Crippen MR) is 117 cm³/mol. The smallest absolute Gasteiger partial charge is 0.337 e. The van der Waals surface area contributed by atoms with E-state index in [0.717, 1.165) is 5.56 Å². The molecule has 1 amide bonds. The highest BCUT2D eigenvalue weighted by Crippen LogP contribution is 2.23. The van der Waals surface area contributed by atoms with Crippen LogP contribution < -0.4 is 5.32 Å². The molecule has 0 radical (unpaired) electrons. The molecule has 1 N–H and O–H groups in total. The summed E-state index contributed by atoms with van der Waals surface area (Å²) in [7, 11) is 1.32. The average molecular weight is 429 g/mol. The minimum Gasteiger partial charge on any atom is -0.465 e. The maximum atomic E-state index is 13.3. The molecule has 0 fully saturated rings. The fourth-order valence-electron chi connectivity index (χ4n) is 3.08. The van der Waals surface area contributed by atoms with Gasteiger partial charge in [-0.05, 0) is 53.2 Å². The molecular weight excluding hydrogens is 410 g/mol. The van der Waals surface area contributed by atoms with E-state index in [2.05, 4.69) is 20.8 Å². The topological polar surface area (TPSA) is 112 Å². The summed E-state index contributed by atoms with van der Waals surface area (Å²) < 4.78 is 11.5. The summed E-state index contributed by atoms with van der Waals surface area (Å²) >= 11 is 0. The SMILES string of the molecule is COC(=O)c1ccc(NC(=O)C(=Cc2ccco2)n2nnnc2-c2ccccc2)c(C)c1. The standard InChI is InChI=1S/C23H19N5O4/c1-15-13-17(23(30)31-2)10-11-19(15)24-22(29)20(14-18-9-6-12-32-18)28-21(25-26-27-28)16-7-4-3-5-8-16/h3-14H,1-2H3,(H,24,29). The number of rotatable bonds is 6. The Balaban J connectivity index is 1.71. The van der Waals surface area contributed by atoms with Gasteiger partial charge in [-0.2, -0.15) is 4.68 Å². The number of nitrogens with zero attached hydrogens (tertiary/aromatic N) is 4. The zero-order valence-corrected chi connectivity index (χ0v) is 17.4. The van der Waals surface area contributed by atoms with Crippen molar-refractivity contribution in [3.8, 4) is 11.4 Å². The molecule has 0 spiro atoms. The van der Waals surface area contributed by atoms with Gasteiger partial charge >= 0.3 is 5.97 Å². The molecule has 0 aliphatic rings. The molecule has 4 aromatic rings. The van der Waals surface area contributed by atoms with Crippen molar-refractivity contribution in [2.75, 3.05) is 12.4 Å². The minimum absolute atomic E-state index is 0.153. The second-order valence-electron chi connectivity index (χ2n) is 6.80. The lowest BCUT2D eigenvalue weighted by molar-refractivity contribution is -0.111. The Morgan fingerprint density at radius 2 is 1.91 bits per heavy atom. The summed E-state index contributed by atoms with van der Waals surface area (Å²) in [6, 6.07) is 17.6. The highest BCUT2D eigenvalue weighted by molar-refractivity contribution is 6.24. The van der Waals surface area contributed by atoms with E-state index in [1.165, 1.54) is 18.1 Å². The number of furan rings is 1. The van der Waals surface area contributed by atoms with Crippen LogP contribution in [0.25, 0.3) is 23.2 Å². The fraction of sp³-hybridized carbons (Fsp3) is 0.0870. The molecule has 2 aromatic heterocycles. The Labute approximate surface area is 183 Å². The number of benzene rings is 2. The Morgan fingerprint density at radius 1 is 1.09 bits per heavy atom. The monoisotopic (exact) mass is 429 g/mol. The number of methoxy groups -OCH3 is 1. The van der Waals surface area contributed by atoms with Gasteiger partial charge in [-0.25, -0.2) is 4.79 Å². The first-order valence-electron chi connectivity index (χ1n) is 9.66. The first kappa shape index (κ1) is 20.7. The molecular formula is C23H19N5O4. The van der Waals surface area contributed by atoms with E-state index < -0.39 is 11.9 Å². The molecule has 9 heteroatoms. The maximum Gasteiger partial charge on any atom is 0.337 e. The number of hydrogen-bond acceptors (Lipinski definition) is 7. The number of carbonyl (C=O) groups is 2. The molecule has 4 rings (SSSR count). The lowest BCUT2D eigenvalue weighted by atomic mass is 10.1. The summed E-state index contributed by atoms with van der Waals surface area (Å²) in [5.74, 6) is -0.0517. The van der Waals surface area contributed by atoms with E-state index in [4.69, 9.17) is 9.15 Å². The van der Waals surface area contributed by atoms with Crippen molar-refractivity contribution >= 4 is 29.3 Å². The third kappa shape index (κ3) is 4.31. The van der Waals surface area contributed by atoms with Crippen LogP contribution in [0.4, 0.5) is 5.69 Å². The number of carbonyl (C=O) groups excluding carboxylic acids is 2. The van der Waals surface area contributed by atoms with Gasteiger partial charge in [0.25, 0.3) is 5.91 Å². The van der Waals surface area contributed by atoms with Crippen molar-refractivity contribution in [2.45, 2.75) is 6.92 Å². The maximum absolute atomic E-state index is 13.3. The molecule has 0 unspecified atom stereocenters. The second kappa shape index (κ2) is 9.09. The molecule has 9 nitrogen and oxygen atoms in total. The van der Waals surface area contributed by atoms with Gasteiger partial charge < -0.3 is 14.5 Å². The molecule has 0 bridgehead atoms. The zero-order chi connectivity index (χ0) is 22.5. The van der Waals surface area contributed by atoms with Crippen LogP contribution in [0.2, 0.25) is 0 Å². The van der Waals surface area contributed by atoms with Crippen LogP contribution in [-0.4, -0.2) is 39.2 Å². The van der Waals surface area contributed by atoms with E-state index in [0.29, 0.717) is 28.4 Å². The van der Waals surface area contributed by atoms with Crippen molar-refractivity contribution in [3.05, 3.63) is 83.8 Å². The Kier molecular flexibility index (Phi) is 5.89. The van der Waals surface area contributed by atoms with Crippen molar-refractivity contribution in [1.82, 2.24) is 20.2 Å². The second-order valence-corrected chi connectivity index (χ2v) is 6.80. The van der Waals surface area contributed by atoms with Gasteiger partial charge in [-0.3, -0.25) is 4.79 Å². The molecule has 160 valence electrons. The number of tetrazole rings is 1. The van der Waals surface area contributed by atoms with Crippen molar-refractivity contribution in [1.29, 1.82) is 0 Å². The number of esters is 1. The number of aryl methyl sites for hydroxylation is 1. The third-order valence-electron chi connectivity index (χ3n) is 4.68. The quantitative estimate of drug-likeness (QED) is 0.368. The Bertz CT molecular complexity index is 1280. The van der Waals surface area contributed by atoms with Crippen molar-refractivity contribution < 1.29 is 18.7 Å². The molecule has 2 aromatic carbocycles. The van der Waals surface area contributed by atoms with Crippen molar-refractivity contribution in [2.24, 2.45) is 0 Å².